The second kappa shape index (κ2) is 3.77. The number of benzene rings is 1. The van der Waals surface area contributed by atoms with E-state index in [1.807, 2.05) is 12.1 Å². The van der Waals surface area contributed by atoms with Gasteiger partial charge in [-0.15, -0.1) is 0 Å². The quantitative estimate of drug-likeness (QED) is 0.611. The second-order valence-corrected chi connectivity index (χ2v) is 3.60. The van der Waals surface area contributed by atoms with Gasteiger partial charge in [-0.2, -0.15) is 0 Å². The summed E-state index contributed by atoms with van der Waals surface area (Å²) in [6.45, 7) is 6.21. The average Bonchev–Trinajstić information content (AvgIpc) is 1.97. The van der Waals surface area contributed by atoms with Gasteiger partial charge in [0.05, 0.1) is 0 Å². The summed E-state index contributed by atoms with van der Waals surface area (Å²) in [6.07, 6.45) is 2.11. The lowest BCUT2D eigenvalue weighted by Crippen LogP contribution is -1.81. The first-order valence-electron chi connectivity index (χ1n) is 4.01. The predicted molar refractivity (Wildman–Crippen MR) is 55.5 cm³/mol. The Morgan fingerprint density at radius 3 is 2.50 bits per heavy atom. The smallest absolute Gasteiger partial charge is 0.0481 e. The van der Waals surface area contributed by atoms with E-state index in [1.54, 1.807) is 0 Å². The molecule has 0 radical (unpaired) electrons. The third-order valence-electron chi connectivity index (χ3n) is 1.70. The molecule has 0 atom stereocenters. The molecule has 0 unspecified atom stereocenters. The van der Waals surface area contributed by atoms with Crippen LogP contribution in [0.5, 0.6) is 0 Å². The molecule has 1 rings (SSSR count). The van der Waals surface area contributed by atoms with E-state index in [9.17, 15) is 0 Å². The van der Waals surface area contributed by atoms with Crippen LogP contribution in [0.2, 0.25) is 5.02 Å². The average molecular weight is 181 g/mol. The van der Waals surface area contributed by atoms with Gasteiger partial charge in [-0.3, -0.25) is 0 Å². The number of allylic oxidation sites excluding steroid dienone is 1. The van der Waals surface area contributed by atoms with Crippen molar-refractivity contribution in [3.05, 3.63) is 39.9 Å². The molecule has 0 saturated heterocycles. The van der Waals surface area contributed by atoms with E-state index in [0.717, 1.165) is 10.6 Å². The summed E-state index contributed by atoms with van der Waals surface area (Å²) < 4.78 is 0. The summed E-state index contributed by atoms with van der Waals surface area (Å²) in [5.74, 6) is 0. The molecular weight excluding hydrogens is 168 g/mol. The zero-order valence-electron chi connectivity index (χ0n) is 7.69. The molecule has 0 spiro atoms. The molecule has 0 bridgehead atoms. The molecule has 12 heavy (non-hydrogen) atoms. The number of hydrogen-bond donors (Lipinski definition) is 0. The van der Waals surface area contributed by atoms with Crippen molar-refractivity contribution >= 4 is 17.7 Å². The first-order chi connectivity index (χ1) is 5.61. The zero-order chi connectivity index (χ0) is 9.14. The van der Waals surface area contributed by atoms with Crippen LogP contribution in [0.25, 0.3) is 6.08 Å². The van der Waals surface area contributed by atoms with Gasteiger partial charge in [0.2, 0.25) is 0 Å². The SMILES string of the molecule is CC(C)=Cc1c(C)cccc1Cl. The third-order valence-corrected chi connectivity index (χ3v) is 2.03. The zero-order valence-corrected chi connectivity index (χ0v) is 8.44. The molecular formula is C11H13Cl. The van der Waals surface area contributed by atoms with Gasteiger partial charge in [-0.1, -0.05) is 35.4 Å². The van der Waals surface area contributed by atoms with Crippen molar-refractivity contribution in [3.8, 4) is 0 Å². The van der Waals surface area contributed by atoms with Gasteiger partial charge >= 0.3 is 0 Å². The van der Waals surface area contributed by atoms with E-state index < -0.39 is 0 Å². The molecule has 0 heterocycles. The van der Waals surface area contributed by atoms with Gasteiger partial charge < -0.3 is 0 Å². The highest BCUT2D eigenvalue weighted by Gasteiger charge is 1.98. The number of halogens is 1. The van der Waals surface area contributed by atoms with Crippen LogP contribution in [0, 0.1) is 6.92 Å². The fourth-order valence-corrected chi connectivity index (χ4v) is 1.39. The van der Waals surface area contributed by atoms with Crippen molar-refractivity contribution in [3.63, 3.8) is 0 Å². The van der Waals surface area contributed by atoms with Crippen molar-refractivity contribution in [2.24, 2.45) is 0 Å². The van der Waals surface area contributed by atoms with Gasteiger partial charge in [-0.05, 0) is 38.0 Å². The maximum atomic E-state index is 6.03. The fraction of sp³-hybridized carbons (Fsp3) is 0.273. The van der Waals surface area contributed by atoms with Crippen LogP contribution in [0.15, 0.2) is 23.8 Å². The maximum Gasteiger partial charge on any atom is 0.0481 e. The van der Waals surface area contributed by atoms with E-state index in [-0.39, 0.29) is 0 Å². The van der Waals surface area contributed by atoms with Crippen molar-refractivity contribution in [1.29, 1.82) is 0 Å². The summed E-state index contributed by atoms with van der Waals surface area (Å²) in [5.41, 5.74) is 3.63. The van der Waals surface area contributed by atoms with Crippen LogP contribution < -0.4 is 0 Å². The summed E-state index contributed by atoms with van der Waals surface area (Å²) in [5, 5.41) is 0.830. The van der Waals surface area contributed by atoms with Crippen molar-refractivity contribution < 1.29 is 0 Å². The minimum absolute atomic E-state index is 0.830. The Morgan fingerprint density at radius 1 is 1.33 bits per heavy atom. The highest BCUT2D eigenvalue weighted by Crippen LogP contribution is 2.21. The Balaban J connectivity index is 3.22. The predicted octanol–water partition coefficient (Wildman–Crippen LogP) is 4.07. The highest BCUT2D eigenvalue weighted by molar-refractivity contribution is 6.32. The molecule has 1 heteroatoms. The van der Waals surface area contributed by atoms with Gasteiger partial charge in [0.25, 0.3) is 0 Å². The summed E-state index contributed by atoms with van der Waals surface area (Å²) in [4.78, 5) is 0. The molecule has 1 aromatic carbocycles. The fourth-order valence-electron chi connectivity index (χ4n) is 1.12. The van der Waals surface area contributed by atoms with E-state index in [4.69, 9.17) is 11.6 Å². The monoisotopic (exact) mass is 180 g/mol. The Morgan fingerprint density at radius 2 is 2.00 bits per heavy atom. The lowest BCUT2D eigenvalue weighted by molar-refractivity contribution is 1.39. The molecule has 0 saturated carbocycles. The largest absolute Gasteiger partial charge is 0.0837 e. The van der Waals surface area contributed by atoms with Crippen LogP contribution in [0.3, 0.4) is 0 Å². The first kappa shape index (κ1) is 9.34. The summed E-state index contributed by atoms with van der Waals surface area (Å²) >= 11 is 6.03. The van der Waals surface area contributed by atoms with E-state index in [2.05, 4.69) is 32.9 Å². The van der Waals surface area contributed by atoms with Crippen molar-refractivity contribution in [2.45, 2.75) is 20.8 Å². The van der Waals surface area contributed by atoms with Crippen LogP contribution in [0.1, 0.15) is 25.0 Å². The molecule has 1 aromatic rings. The molecule has 64 valence electrons. The lowest BCUT2D eigenvalue weighted by Gasteiger charge is -2.02. The topological polar surface area (TPSA) is 0 Å². The van der Waals surface area contributed by atoms with E-state index in [0.29, 0.717) is 0 Å². The number of rotatable bonds is 1. The number of hydrogen-bond acceptors (Lipinski definition) is 0. The van der Waals surface area contributed by atoms with E-state index >= 15 is 0 Å². The normalized spacial score (nSPS) is 9.67. The number of aryl methyl sites for hydroxylation is 1. The minimum Gasteiger partial charge on any atom is -0.0837 e. The van der Waals surface area contributed by atoms with Crippen LogP contribution in [-0.4, -0.2) is 0 Å². The van der Waals surface area contributed by atoms with Crippen LogP contribution >= 0.6 is 11.6 Å². The van der Waals surface area contributed by atoms with Crippen LogP contribution in [0.4, 0.5) is 0 Å². The van der Waals surface area contributed by atoms with Crippen molar-refractivity contribution in [1.82, 2.24) is 0 Å². The highest BCUT2D eigenvalue weighted by atomic mass is 35.5. The van der Waals surface area contributed by atoms with Crippen molar-refractivity contribution in [2.75, 3.05) is 0 Å². The Labute approximate surface area is 78.9 Å². The maximum absolute atomic E-state index is 6.03. The molecule has 0 aliphatic carbocycles. The molecule has 0 fully saturated rings. The molecule has 0 amide bonds. The van der Waals surface area contributed by atoms with Gasteiger partial charge in [0, 0.05) is 5.02 Å². The first-order valence-corrected chi connectivity index (χ1v) is 4.39. The molecule has 0 nitrogen and oxygen atoms in total. The molecule has 0 N–H and O–H groups in total. The summed E-state index contributed by atoms with van der Waals surface area (Å²) in [7, 11) is 0. The second-order valence-electron chi connectivity index (χ2n) is 3.19. The lowest BCUT2D eigenvalue weighted by atomic mass is 10.1. The molecule has 0 aliphatic heterocycles. The van der Waals surface area contributed by atoms with Gasteiger partial charge in [0.15, 0.2) is 0 Å². The Hall–Kier alpha value is -0.750. The standard InChI is InChI=1S/C11H13Cl/c1-8(2)7-10-9(3)5-4-6-11(10)12/h4-7H,1-3H3. The van der Waals surface area contributed by atoms with Gasteiger partial charge in [-0.25, -0.2) is 0 Å². The Kier molecular flexibility index (Phi) is 2.93. The third kappa shape index (κ3) is 2.12. The Bertz CT molecular complexity index is 287. The molecule has 0 aliphatic rings. The minimum atomic E-state index is 0.830. The van der Waals surface area contributed by atoms with Gasteiger partial charge in [0.1, 0.15) is 0 Å². The molecule has 0 aromatic heterocycles. The summed E-state index contributed by atoms with van der Waals surface area (Å²) in [6, 6.07) is 5.96. The van der Waals surface area contributed by atoms with Crippen LogP contribution in [-0.2, 0) is 0 Å². The van der Waals surface area contributed by atoms with E-state index in [1.165, 1.54) is 11.1 Å².